The Morgan fingerprint density at radius 2 is 1.60 bits per heavy atom. The molecule has 0 aromatic heterocycles. The molecule has 2 aromatic carbocycles. The zero-order valence-electron chi connectivity index (χ0n) is 10.7. The molecule has 0 bridgehead atoms. The van der Waals surface area contributed by atoms with Crippen LogP contribution >= 0.6 is 31.9 Å². The minimum absolute atomic E-state index is 0.241. The Kier molecular flexibility index (Phi) is 4.88. The molecule has 2 rings (SSSR count). The first-order chi connectivity index (χ1) is 9.42. The van der Waals surface area contributed by atoms with Gasteiger partial charge in [-0.2, -0.15) is 0 Å². The summed E-state index contributed by atoms with van der Waals surface area (Å²) in [5.74, 6) is 0. The predicted molar refractivity (Wildman–Crippen MR) is 88.5 cm³/mol. The van der Waals surface area contributed by atoms with Crippen molar-refractivity contribution in [3.63, 3.8) is 0 Å². The zero-order chi connectivity index (χ0) is 14.8. The second-order valence-electron chi connectivity index (χ2n) is 4.21. The zero-order valence-corrected chi connectivity index (χ0v) is 14.7. The van der Waals surface area contributed by atoms with E-state index in [1.165, 1.54) is 0 Å². The van der Waals surface area contributed by atoms with Gasteiger partial charge < -0.3 is 0 Å². The quantitative estimate of drug-likeness (QED) is 0.789. The molecule has 0 aliphatic rings. The van der Waals surface area contributed by atoms with Crippen LogP contribution < -0.4 is 4.72 Å². The summed E-state index contributed by atoms with van der Waals surface area (Å²) in [7, 11) is -3.56. The van der Waals surface area contributed by atoms with Crippen molar-refractivity contribution in [2.45, 2.75) is 18.2 Å². The molecule has 0 spiro atoms. The number of halogens is 2. The highest BCUT2D eigenvalue weighted by molar-refractivity contribution is 9.10. The van der Waals surface area contributed by atoms with Gasteiger partial charge in [-0.25, -0.2) is 8.42 Å². The topological polar surface area (TPSA) is 46.2 Å². The van der Waals surface area contributed by atoms with Crippen LogP contribution in [-0.4, -0.2) is 8.42 Å². The summed E-state index contributed by atoms with van der Waals surface area (Å²) < 4.78 is 29.1. The average molecular weight is 419 g/mol. The lowest BCUT2D eigenvalue weighted by Crippen LogP contribution is -2.14. The fourth-order valence-corrected chi connectivity index (χ4v) is 3.55. The smallest absolute Gasteiger partial charge is 0.261 e. The largest absolute Gasteiger partial charge is 0.279 e. The third-order valence-corrected chi connectivity index (χ3v) is 5.22. The lowest BCUT2D eigenvalue weighted by molar-refractivity contribution is 0.601. The minimum atomic E-state index is -3.56. The lowest BCUT2D eigenvalue weighted by atomic mass is 10.1. The molecule has 0 atom stereocenters. The first-order valence-corrected chi connectivity index (χ1v) is 9.06. The van der Waals surface area contributed by atoms with E-state index in [2.05, 4.69) is 36.6 Å². The Morgan fingerprint density at radius 3 is 2.20 bits per heavy atom. The molecule has 1 N–H and O–H groups in total. The Hall–Kier alpha value is -0.850. The van der Waals surface area contributed by atoms with Gasteiger partial charge >= 0.3 is 0 Å². The highest BCUT2D eigenvalue weighted by Gasteiger charge is 2.15. The highest BCUT2D eigenvalue weighted by atomic mass is 79.9. The van der Waals surface area contributed by atoms with Crippen molar-refractivity contribution in [1.82, 2.24) is 0 Å². The molecule has 0 amide bonds. The van der Waals surface area contributed by atoms with E-state index in [1.54, 1.807) is 30.3 Å². The molecule has 0 aliphatic heterocycles. The molecule has 0 saturated heterocycles. The van der Waals surface area contributed by atoms with Crippen LogP contribution in [0.4, 0.5) is 5.69 Å². The van der Waals surface area contributed by atoms with E-state index in [4.69, 9.17) is 0 Å². The summed E-state index contributed by atoms with van der Waals surface area (Å²) in [5.41, 5.74) is 1.55. The van der Waals surface area contributed by atoms with Gasteiger partial charge in [0, 0.05) is 8.95 Å². The number of anilines is 1. The normalized spacial score (nSPS) is 11.3. The molecule has 2 aromatic rings. The van der Waals surface area contributed by atoms with Crippen LogP contribution in [0.3, 0.4) is 0 Å². The summed E-state index contributed by atoms with van der Waals surface area (Å²) in [4.78, 5) is 0.241. The van der Waals surface area contributed by atoms with Gasteiger partial charge in [0.15, 0.2) is 0 Å². The van der Waals surface area contributed by atoms with Gasteiger partial charge in [0.05, 0.1) is 10.6 Å². The first kappa shape index (κ1) is 15.5. The van der Waals surface area contributed by atoms with Crippen LogP contribution in [0, 0.1) is 0 Å². The molecule has 6 heteroatoms. The van der Waals surface area contributed by atoms with E-state index in [1.807, 2.05) is 19.1 Å². The molecule has 0 heterocycles. The summed E-state index contributed by atoms with van der Waals surface area (Å²) in [6, 6.07) is 12.0. The summed E-state index contributed by atoms with van der Waals surface area (Å²) >= 11 is 6.68. The maximum Gasteiger partial charge on any atom is 0.261 e. The minimum Gasteiger partial charge on any atom is -0.279 e. The van der Waals surface area contributed by atoms with E-state index in [9.17, 15) is 8.42 Å². The summed E-state index contributed by atoms with van der Waals surface area (Å²) in [5, 5.41) is 0. The van der Waals surface area contributed by atoms with Crippen LogP contribution in [-0.2, 0) is 16.4 Å². The lowest BCUT2D eigenvalue weighted by Gasteiger charge is -2.12. The van der Waals surface area contributed by atoms with E-state index in [-0.39, 0.29) is 4.90 Å². The number of nitrogens with one attached hydrogen (secondary N) is 1. The molecule has 106 valence electrons. The van der Waals surface area contributed by atoms with Crippen LogP contribution in [0.2, 0.25) is 0 Å². The Bertz CT molecular complexity index is 712. The fraction of sp³-hybridized carbons (Fsp3) is 0.143. The van der Waals surface area contributed by atoms with E-state index in [0.29, 0.717) is 5.69 Å². The van der Waals surface area contributed by atoms with Crippen LogP contribution in [0.25, 0.3) is 0 Å². The maximum atomic E-state index is 12.3. The van der Waals surface area contributed by atoms with Crippen LogP contribution in [0.5, 0.6) is 0 Å². The Balaban J connectivity index is 2.35. The SMILES string of the molecule is CCc1cc(Br)ccc1NS(=O)(=O)c1ccc(Br)cc1. The number of benzene rings is 2. The second-order valence-corrected chi connectivity index (χ2v) is 7.73. The highest BCUT2D eigenvalue weighted by Crippen LogP contribution is 2.24. The number of aryl methyl sites for hydroxylation is 1. The molecule has 3 nitrogen and oxygen atoms in total. The van der Waals surface area contributed by atoms with E-state index in [0.717, 1.165) is 20.9 Å². The Morgan fingerprint density at radius 1 is 1.00 bits per heavy atom. The number of sulfonamides is 1. The second kappa shape index (κ2) is 6.28. The van der Waals surface area contributed by atoms with Gasteiger partial charge in [0.2, 0.25) is 0 Å². The van der Waals surface area contributed by atoms with Gasteiger partial charge in [0.1, 0.15) is 0 Å². The monoisotopic (exact) mass is 417 g/mol. The van der Waals surface area contributed by atoms with Crippen molar-refractivity contribution in [2.75, 3.05) is 4.72 Å². The van der Waals surface area contributed by atoms with Crippen molar-refractivity contribution in [3.8, 4) is 0 Å². The molecule has 0 fully saturated rings. The summed E-state index contributed by atoms with van der Waals surface area (Å²) in [6.45, 7) is 1.99. The molecule has 0 unspecified atom stereocenters. The molecule has 0 radical (unpaired) electrons. The number of hydrogen-bond acceptors (Lipinski definition) is 2. The number of hydrogen-bond donors (Lipinski definition) is 1. The third kappa shape index (κ3) is 3.62. The fourth-order valence-electron chi connectivity index (χ4n) is 1.77. The van der Waals surface area contributed by atoms with E-state index < -0.39 is 10.0 Å². The standard InChI is InChI=1S/C14H13Br2NO2S/c1-2-10-9-12(16)5-8-14(10)17-20(18,19)13-6-3-11(15)4-7-13/h3-9,17H,2H2,1H3. The summed E-state index contributed by atoms with van der Waals surface area (Å²) in [6.07, 6.45) is 0.748. The molecule has 0 aliphatic carbocycles. The molecular weight excluding hydrogens is 406 g/mol. The van der Waals surface area contributed by atoms with Gasteiger partial charge in [-0.3, -0.25) is 4.72 Å². The van der Waals surface area contributed by atoms with E-state index >= 15 is 0 Å². The van der Waals surface area contributed by atoms with Crippen molar-refractivity contribution >= 4 is 47.6 Å². The van der Waals surface area contributed by atoms with Crippen LogP contribution in [0.15, 0.2) is 56.3 Å². The Labute approximate surface area is 135 Å². The molecular formula is C14H13Br2NO2S. The molecule has 0 saturated carbocycles. The van der Waals surface area contributed by atoms with Gasteiger partial charge in [0.25, 0.3) is 10.0 Å². The van der Waals surface area contributed by atoms with Gasteiger partial charge in [-0.05, 0) is 54.4 Å². The number of rotatable bonds is 4. The van der Waals surface area contributed by atoms with Crippen LogP contribution in [0.1, 0.15) is 12.5 Å². The first-order valence-electron chi connectivity index (χ1n) is 5.99. The molecule has 20 heavy (non-hydrogen) atoms. The maximum absolute atomic E-state index is 12.3. The van der Waals surface area contributed by atoms with Crippen molar-refractivity contribution < 1.29 is 8.42 Å². The van der Waals surface area contributed by atoms with Gasteiger partial charge in [-0.1, -0.05) is 38.8 Å². The van der Waals surface area contributed by atoms with Crippen molar-refractivity contribution in [3.05, 3.63) is 57.0 Å². The van der Waals surface area contributed by atoms with Crippen molar-refractivity contribution in [2.24, 2.45) is 0 Å². The van der Waals surface area contributed by atoms with Gasteiger partial charge in [-0.15, -0.1) is 0 Å². The average Bonchev–Trinajstić information content (AvgIpc) is 2.41. The predicted octanol–water partition coefficient (Wildman–Crippen LogP) is 4.57. The van der Waals surface area contributed by atoms with Crippen molar-refractivity contribution in [1.29, 1.82) is 0 Å². The third-order valence-electron chi connectivity index (χ3n) is 2.82.